The van der Waals surface area contributed by atoms with Gasteiger partial charge < -0.3 is 5.32 Å². The van der Waals surface area contributed by atoms with Crippen molar-refractivity contribution in [3.8, 4) is 0 Å². The van der Waals surface area contributed by atoms with Crippen molar-refractivity contribution in [1.82, 2.24) is 5.32 Å². The van der Waals surface area contributed by atoms with E-state index < -0.39 is 0 Å². The monoisotopic (exact) mass is 193 g/mol. The van der Waals surface area contributed by atoms with Crippen molar-refractivity contribution in [3.63, 3.8) is 0 Å². The van der Waals surface area contributed by atoms with Crippen LogP contribution in [0.3, 0.4) is 0 Å². The van der Waals surface area contributed by atoms with E-state index in [4.69, 9.17) is 0 Å². The number of rotatable bonds is 2. The molecule has 1 aliphatic heterocycles. The van der Waals surface area contributed by atoms with Gasteiger partial charge in [0.05, 0.1) is 0 Å². The van der Waals surface area contributed by atoms with Crippen LogP contribution in [-0.4, -0.2) is 13.1 Å². The maximum Gasteiger partial charge on any atom is 0.126 e. The van der Waals surface area contributed by atoms with Crippen molar-refractivity contribution in [2.45, 2.75) is 19.3 Å². The van der Waals surface area contributed by atoms with Crippen LogP contribution in [0.15, 0.2) is 24.3 Å². The average Bonchev–Trinajstić information content (AvgIpc) is 2.66. The second kappa shape index (κ2) is 4.09. The predicted molar refractivity (Wildman–Crippen MR) is 55.8 cm³/mol. The molecule has 0 bridgehead atoms. The van der Waals surface area contributed by atoms with Gasteiger partial charge in [0.1, 0.15) is 5.82 Å². The third kappa shape index (κ3) is 1.67. The first-order chi connectivity index (χ1) is 6.83. The molecule has 0 aromatic heterocycles. The SMILES string of the molecule is CC[C@@H]1CNC[C@@H]1c1ccccc1F. The number of benzene rings is 1. The molecule has 1 aromatic carbocycles. The van der Waals surface area contributed by atoms with Gasteiger partial charge in [-0.05, 0) is 24.1 Å². The second-order valence-electron chi connectivity index (χ2n) is 3.95. The van der Waals surface area contributed by atoms with E-state index in [1.807, 2.05) is 12.1 Å². The van der Waals surface area contributed by atoms with Crippen LogP contribution in [0.5, 0.6) is 0 Å². The van der Waals surface area contributed by atoms with Crippen molar-refractivity contribution in [2.75, 3.05) is 13.1 Å². The molecule has 0 amide bonds. The van der Waals surface area contributed by atoms with Crippen molar-refractivity contribution in [3.05, 3.63) is 35.6 Å². The van der Waals surface area contributed by atoms with Crippen LogP contribution in [0.25, 0.3) is 0 Å². The summed E-state index contributed by atoms with van der Waals surface area (Å²) in [4.78, 5) is 0. The van der Waals surface area contributed by atoms with Gasteiger partial charge in [0.2, 0.25) is 0 Å². The van der Waals surface area contributed by atoms with Crippen LogP contribution in [0.4, 0.5) is 4.39 Å². The standard InChI is InChI=1S/C12H16FN/c1-2-9-7-14-8-11(9)10-5-3-4-6-12(10)13/h3-6,9,11,14H,2,7-8H2,1H3/t9-,11+/m1/s1. The zero-order chi connectivity index (χ0) is 9.97. The van der Waals surface area contributed by atoms with Crippen molar-refractivity contribution in [1.29, 1.82) is 0 Å². The summed E-state index contributed by atoms with van der Waals surface area (Å²) in [7, 11) is 0. The van der Waals surface area contributed by atoms with Gasteiger partial charge in [-0.1, -0.05) is 31.5 Å². The fourth-order valence-corrected chi connectivity index (χ4v) is 2.30. The summed E-state index contributed by atoms with van der Waals surface area (Å²) in [6.07, 6.45) is 1.12. The summed E-state index contributed by atoms with van der Waals surface area (Å²) in [5.41, 5.74) is 0.879. The molecule has 1 aromatic rings. The highest BCUT2D eigenvalue weighted by atomic mass is 19.1. The maximum absolute atomic E-state index is 13.5. The highest BCUT2D eigenvalue weighted by molar-refractivity contribution is 5.24. The minimum absolute atomic E-state index is 0.0559. The third-order valence-corrected chi connectivity index (χ3v) is 3.17. The van der Waals surface area contributed by atoms with Crippen LogP contribution in [-0.2, 0) is 0 Å². The summed E-state index contributed by atoms with van der Waals surface area (Å²) in [6.45, 7) is 4.11. The van der Waals surface area contributed by atoms with Crippen molar-refractivity contribution < 1.29 is 4.39 Å². The van der Waals surface area contributed by atoms with Gasteiger partial charge in [0, 0.05) is 12.5 Å². The molecule has 2 rings (SSSR count). The molecule has 76 valence electrons. The van der Waals surface area contributed by atoms with Crippen LogP contribution in [0.1, 0.15) is 24.8 Å². The van der Waals surface area contributed by atoms with Crippen LogP contribution in [0, 0.1) is 11.7 Å². The summed E-state index contributed by atoms with van der Waals surface area (Å²) < 4.78 is 13.5. The maximum atomic E-state index is 13.5. The zero-order valence-electron chi connectivity index (χ0n) is 8.46. The summed E-state index contributed by atoms with van der Waals surface area (Å²) in [5, 5.41) is 3.33. The van der Waals surface area contributed by atoms with E-state index in [-0.39, 0.29) is 5.82 Å². The molecular weight excluding hydrogens is 177 g/mol. The first kappa shape index (κ1) is 9.66. The van der Waals surface area contributed by atoms with Crippen LogP contribution < -0.4 is 5.32 Å². The first-order valence-electron chi connectivity index (χ1n) is 5.28. The molecule has 1 heterocycles. The predicted octanol–water partition coefficient (Wildman–Crippen LogP) is 2.54. The van der Waals surface area contributed by atoms with Gasteiger partial charge >= 0.3 is 0 Å². The first-order valence-corrected chi connectivity index (χ1v) is 5.28. The second-order valence-corrected chi connectivity index (χ2v) is 3.95. The van der Waals surface area contributed by atoms with E-state index in [1.54, 1.807) is 12.1 Å². The Labute approximate surface area is 84.3 Å². The summed E-state index contributed by atoms with van der Waals surface area (Å²) >= 11 is 0. The fourth-order valence-electron chi connectivity index (χ4n) is 2.30. The third-order valence-electron chi connectivity index (χ3n) is 3.17. The molecule has 0 saturated carbocycles. The van der Waals surface area contributed by atoms with E-state index in [1.165, 1.54) is 0 Å². The minimum atomic E-state index is -0.0559. The molecule has 2 heteroatoms. The van der Waals surface area contributed by atoms with Crippen molar-refractivity contribution in [2.24, 2.45) is 5.92 Å². The van der Waals surface area contributed by atoms with E-state index in [0.717, 1.165) is 25.1 Å². The van der Waals surface area contributed by atoms with E-state index in [0.29, 0.717) is 11.8 Å². The molecule has 14 heavy (non-hydrogen) atoms. The Bertz CT molecular complexity index is 311. The van der Waals surface area contributed by atoms with Gasteiger partial charge in [-0.15, -0.1) is 0 Å². The lowest BCUT2D eigenvalue weighted by molar-refractivity contribution is 0.481. The molecule has 2 atom stereocenters. The molecule has 1 saturated heterocycles. The summed E-state index contributed by atoms with van der Waals surface area (Å²) in [6, 6.07) is 7.14. The lowest BCUT2D eigenvalue weighted by atomic mass is 9.87. The highest BCUT2D eigenvalue weighted by Gasteiger charge is 2.28. The summed E-state index contributed by atoms with van der Waals surface area (Å²) in [5.74, 6) is 0.896. The quantitative estimate of drug-likeness (QED) is 0.761. The van der Waals surface area contributed by atoms with Gasteiger partial charge in [-0.25, -0.2) is 4.39 Å². The van der Waals surface area contributed by atoms with E-state index >= 15 is 0 Å². The van der Waals surface area contributed by atoms with Gasteiger partial charge in [0.25, 0.3) is 0 Å². The molecule has 1 N–H and O–H groups in total. The topological polar surface area (TPSA) is 12.0 Å². The van der Waals surface area contributed by atoms with Crippen molar-refractivity contribution >= 4 is 0 Å². The molecule has 1 nitrogen and oxygen atoms in total. The van der Waals surface area contributed by atoms with Crippen LogP contribution >= 0.6 is 0 Å². The Hall–Kier alpha value is -0.890. The Balaban J connectivity index is 2.26. The normalized spacial score (nSPS) is 26.7. The smallest absolute Gasteiger partial charge is 0.126 e. The van der Waals surface area contributed by atoms with Gasteiger partial charge in [-0.2, -0.15) is 0 Å². The Morgan fingerprint density at radius 1 is 1.36 bits per heavy atom. The van der Waals surface area contributed by atoms with Crippen LogP contribution in [0.2, 0.25) is 0 Å². The largest absolute Gasteiger partial charge is 0.316 e. The average molecular weight is 193 g/mol. The Kier molecular flexibility index (Phi) is 2.82. The Morgan fingerprint density at radius 2 is 2.14 bits per heavy atom. The number of halogens is 1. The minimum Gasteiger partial charge on any atom is -0.316 e. The molecule has 1 aliphatic rings. The molecule has 0 radical (unpaired) electrons. The lowest BCUT2D eigenvalue weighted by Crippen LogP contribution is -2.11. The highest BCUT2D eigenvalue weighted by Crippen LogP contribution is 2.31. The molecule has 1 fully saturated rings. The molecule has 0 spiro atoms. The van der Waals surface area contributed by atoms with E-state index in [2.05, 4.69) is 12.2 Å². The zero-order valence-corrected chi connectivity index (χ0v) is 8.46. The molecule has 0 unspecified atom stereocenters. The fraction of sp³-hybridized carbons (Fsp3) is 0.500. The van der Waals surface area contributed by atoms with Gasteiger partial charge in [0.15, 0.2) is 0 Å². The lowest BCUT2D eigenvalue weighted by Gasteiger charge is -2.17. The number of nitrogens with one attached hydrogen (secondary N) is 1. The number of hydrogen-bond acceptors (Lipinski definition) is 1. The molecular formula is C12H16FN. The van der Waals surface area contributed by atoms with E-state index in [9.17, 15) is 4.39 Å². The Morgan fingerprint density at radius 3 is 2.86 bits per heavy atom. The number of hydrogen-bond donors (Lipinski definition) is 1. The molecule has 0 aliphatic carbocycles. The van der Waals surface area contributed by atoms with Gasteiger partial charge in [-0.3, -0.25) is 0 Å².